The van der Waals surface area contributed by atoms with Gasteiger partial charge >= 0.3 is 7.12 Å². The van der Waals surface area contributed by atoms with Crippen molar-refractivity contribution < 1.29 is 10.0 Å². The Morgan fingerprint density at radius 2 is 0.386 bits per heavy atom. The summed E-state index contributed by atoms with van der Waals surface area (Å²) in [4.78, 5) is 0. The third-order valence-corrected chi connectivity index (χ3v) is 23.8. The minimum absolute atomic E-state index is 0. The van der Waals surface area contributed by atoms with Crippen LogP contribution in [0.1, 0.15) is 14.9 Å². The van der Waals surface area contributed by atoms with Crippen LogP contribution >= 0.6 is 68.0 Å². The van der Waals surface area contributed by atoms with E-state index in [0.717, 1.165) is 15.5 Å². The number of thiophene rings is 6. The summed E-state index contributed by atoms with van der Waals surface area (Å²) < 4.78 is 15.5. The molecule has 396 valence electrons. The highest BCUT2D eigenvalue weighted by atomic mass is 32.1. The molecule has 0 bridgehead atoms. The van der Waals surface area contributed by atoms with E-state index >= 15 is 0 Å². The Kier molecular flexibility index (Phi) is 12.7. The van der Waals surface area contributed by atoms with Gasteiger partial charge in [0.25, 0.3) is 0 Å². The highest BCUT2D eigenvalue weighted by Gasteiger charge is 2.23. The van der Waals surface area contributed by atoms with Gasteiger partial charge in [-0.25, -0.2) is 0 Å². The molecule has 0 saturated carbocycles. The van der Waals surface area contributed by atoms with Crippen molar-refractivity contribution in [2.75, 3.05) is 0 Å². The van der Waals surface area contributed by atoms with Gasteiger partial charge in [0.1, 0.15) is 0 Å². The topological polar surface area (TPSA) is 40.5 Å². The molecule has 0 aliphatic rings. The third kappa shape index (κ3) is 7.98. The Morgan fingerprint density at radius 3 is 0.651 bits per heavy atom. The zero-order valence-electron chi connectivity index (χ0n) is 42.9. The lowest BCUT2D eigenvalue weighted by atomic mass is 9.80. The van der Waals surface area contributed by atoms with Crippen molar-refractivity contribution in [3.05, 3.63) is 237 Å². The number of benzene rings is 12. The fraction of sp³-hybridized carbons (Fsp3) is 0.0270. The summed E-state index contributed by atoms with van der Waals surface area (Å²) >= 11 is 11.2. The van der Waals surface area contributed by atoms with Crippen molar-refractivity contribution in [2.24, 2.45) is 0 Å². The lowest BCUT2D eigenvalue weighted by Gasteiger charge is -2.05. The van der Waals surface area contributed by atoms with E-state index in [1.54, 1.807) is 17.4 Å². The third-order valence-electron chi connectivity index (χ3n) is 16.3. The van der Waals surface area contributed by atoms with Crippen molar-refractivity contribution in [1.29, 1.82) is 0 Å². The summed E-state index contributed by atoms with van der Waals surface area (Å²) in [5.74, 6) is 0. The van der Waals surface area contributed by atoms with Gasteiger partial charge in [-0.15, -0.1) is 68.0 Å². The molecule has 83 heavy (non-hydrogen) atoms. The Hall–Kier alpha value is -8.06. The monoisotopic (exact) mass is 1170 g/mol. The standard InChI is InChI=1S/C36H21BO2S3.C36H20S3.2CH4/c38-37(39)30-18-7-17-29-28-16-6-15-27(35(28)42-36(29)30)26-14-5-13-25-24-12-4-11-23(33(24)41-34(25)26)22-10-3-9-21-20-8-1-2-19-31(20)40-32(21)22;1-3-19-31-21(9-1)23-11-5-13-25(33(23)37-31)27-15-7-17-29-30-18-8-16-28(36(30)39-35(27)29)26-14-6-12-24-22-10-2-4-20-32(22)38-34(24)26;;/h1-19,38-39H;1-20H;2*1H4. The molecule has 0 saturated heterocycles. The van der Waals surface area contributed by atoms with Crippen LogP contribution in [0.3, 0.4) is 0 Å². The predicted octanol–water partition coefficient (Wildman–Crippen LogP) is 23.2. The molecule has 0 unspecified atom stereocenters. The lowest BCUT2D eigenvalue weighted by Crippen LogP contribution is -2.29. The molecule has 0 atom stereocenters. The summed E-state index contributed by atoms with van der Waals surface area (Å²) in [6, 6.07) is 85.8. The first-order valence-electron chi connectivity index (χ1n) is 26.9. The summed E-state index contributed by atoms with van der Waals surface area (Å²) in [6.45, 7) is 0. The van der Waals surface area contributed by atoms with Gasteiger partial charge in [0, 0.05) is 160 Å². The zero-order valence-corrected chi connectivity index (χ0v) is 47.8. The normalized spacial score (nSPS) is 11.8. The zero-order chi connectivity index (χ0) is 53.4. The molecular formula is C74H49BO2S6. The molecule has 6 aromatic heterocycles. The molecule has 0 fully saturated rings. The first kappa shape index (κ1) is 51.8. The SMILES string of the molecule is C.C.OB(O)c1cccc2c1sc1c(-c3cccc4c3sc3c(-c5cccc6c5sc5ccccc56)cccc34)cccc12.c1ccc2c(c1)sc1c(-c3cccc4c3sc3c(-c5cccc6c5sc5ccccc56)cccc34)cccc12. The van der Waals surface area contributed by atoms with E-state index < -0.39 is 7.12 Å². The largest absolute Gasteiger partial charge is 0.489 e. The van der Waals surface area contributed by atoms with Crippen molar-refractivity contribution in [3.63, 3.8) is 0 Å². The van der Waals surface area contributed by atoms with Gasteiger partial charge in [-0.3, -0.25) is 0 Å². The minimum Gasteiger partial charge on any atom is -0.423 e. The second-order valence-corrected chi connectivity index (χ2v) is 26.9. The number of fused-ring (bicyclic) bond motifs is 18. The van der Waals surface area contributed by atoms with Crippen LogP contribution in [-0.2, 0) is 0 Å². The van der Waals surface area contributed by atoms with Gasteiger partial charge in [0.05, 0.1) is 0 Å². The smallest absolute Gasteiger partial charge is 0.423 e. The molecule has 18 rings (SSSR count). The molecule has 2 nitrogen and oxygen atoms in total. The van der Waals surface area contributed by atoms with E-state index in [2.05, 4.69) is 224 Å². The van der Waals surface area contributed by atoms with E-state index in [0.29, 0.717) is 5.46 Å². The maximum Gasteiger partial charge on any atom is 0.489 e. The highest BCUT2D eigenvalue weighted by molar-refractivity contribution is 7.30. The quantitative estimate of drug-likeness (QED) is 0.169. The molecule has 0 radical (unpaired) electrons. The van der Waals surface area contributed by atoms with Crippen LogP contribution in [0.25, 0.3) is 166 Å². The molecule has 9 heteroatoms. The molecule has 6 heterocycles. The van der Waals surface area contributed by atoms with Crippen LogP contribution in [0, 0.1) is 0 Å². The van der Waals surface area contributed by atoms with Gasteiger partial charge in [-0.05, 0) is 29.0 Å². The van der Waals surface area contributed by atoms with E-state index in [1.165, 1.54) is 150 Å². The maximum atomic E-state index is 10.0. The second-order valence-electron chi connectivity index (χ2n) is 20.7. The fourth-order valence-corrected chi connectivity index (χ4v) is 20.4. The first-order chi connectivity index (χ1) is 40.0. The van der Waals surface area contributed by atoms with Crippen LogP contribution in [0.4, 0.5) is 0 Å². The second kappa shape index (κ2) is 20.4. The Bertz CT molecular complexity index is 5440. The number of hydrogen-bond acceptors (Lipinski definition) is 8. The molecule has 2 N–H and O–H groups in total. The van der Waals surface area contributed by atoms with E-state index in [4.69, 9.17) is 0 Å². The van der Waals surface area contributed by atoms with Crippen LogP contribution in [0.5, 0.6) is 0 Å². The molecule has 18 aromatic rings. The van der Waals surface area contributed by atoms with Crippen LogP contribution < -0.4 is 5.46 Å². The average Bonchev–Trinajstić information content (AvgIpc) is 4.15. The summed E-state index contributed by atoms with van der Waals surface area (Å²) in [5.41, 5.74) is 10.8. The van der Waals surface area contributed by atoms with Crippen LogP contribution in [-0.4, -0.2) is 17.2 Å². The van der Waals surface area contributed by atoms with Crippen LogP contribution in [0.15, 0.2) is 237 Å². The lowest BCUT2D eigenvalue weighted by molar-refractivity contribution is 0.426. The van der Waals surface area contributed by atoms with Crippen molar-refractivity contribution in [1.82, 2.24) is 0 Å². The number of rotatable bonds is 5. The van der Waals surface area contributed by atoms with Crippen molar-refractivity contribution in [2.45, 2.75) is 14.9 Å². The molecule has 0 aliphatic heterocycles. The molecule has 0 spiro atoms. The Balaban J connectivity index is 0.000000139. The Labute approximate surface area is 503 Å². The van der Waals surface area contributed by atoms with Crippen molar-refractivity contribution in [3.8, 4) is 44.5 Å². The van der Waals surface area contributed by atoms with E-state index in [9.17, 15) is 10.0 Å². The average molecular weight is 1170 g/mol. The van der Waals surface area contributed by atoms with Gasteiger partial charge < -0.3 is 10.0 Å². The summed E-state index contributed by atoms with van der Waals surface area (Å²) in [5, 5.41) is 35.6. The van der Waals surface area contributed by atoms with E-state index in [-0.39, 0.29) is 14.9 Å². The van der Waals surface area contributed by atoms with Gasteiger partial charge in [0.2, 0.25) is 0 Å². The minimum atomic E-state index is -1.50. The van der Waals surface area contributed by atoms with E-state index in [1.807, 2.05) is 62.8 Å². The summed E-state index contributed by atoms with van der Waals surface area (Å²) in [7, 11) is -1.50. The van der Waals surface area contributed by atoms with Gasteiger partial charge in [-0.1, -0.05) is 233 Å². The first-order valence-corrected chi connectivity index (χ1v) is 31.8. The predicted molar refractivity (Wildman–Crippen MR) is 375 cm³/mol. The van der Waals surface area contributed by atoms with Gasteiger partial charge in [-0.2, -0.15) is 0 Å². The maximum absolute atomic E-state index is 10.0. The Morgan fingerprint density at radius 1 is 0.193 bits per heavy atom. The number of hydrogen-bond donors (Lipinski definition) is 2. The van der Waals surface area contributed by atoms with Crippen molar-refractivity contribution >= 4 is 202 Å². The molecule has 12 aromatic carbocycles. The summed E-state index contributed by atoms with van der Waals surface area (Å²) in [6.07, 6.45) is 0. The molecular weight excluding hydrogens is 1120 g/mol. The fourth-order valence-electron chi connectivity index (χ4n) is 12.6. The van der Waals surface area contributed by atoms with Gasteiger partial charge in [0.15, 0.2) is 0 Å². The van der Waals surface area contributed by atoms with Crippen LogP contribution in [0.2, 0.25) is 0 Å². The molecule has 0 amide bonds. The molecule has 0 aliphatic carbocycles. The highest BCUT2D eigenvalue weighted by Crippen LogP contribution is 2.51.